The molecule has 0 spiro atoms. The van der Waals surface area contributed by atoms with Gasteiger partial charge >= 0.3 is 0 Å². The zero-order valence-corrected chi connectivity index (χ0v) is 12.0. The van der Waals surface area contributed by atoms with E-state index in [9.17, 15) is 24.9 Å². The Kier molecular flexibility index (Phi) is 4.46. The molecule has 0 unspecified atom stereocenters. The number of phenols is 3. The molecule has 2 aromatic carbocycles. The van der Waals surface area contributed by atoms with Crippen molar-refractivity contribution in [3.8, 4) is 17.2 Å². The van der Waals surface area contributed by atoms with Crippen LogP contribution >= 0.6 is 0 Å². The lowest BCUT2D eigenvalue weighted by Gasteiger charge is -2.13. The van der Waals surface area contributed by atoms with Crippen LogP contribution in [0, 0.1) is 6.92 Å². The summed E-state index contributed by atoms with van der Waals surface area (Å²) in [6.45, 7) is 1.37. The van der Waals surface area contributed by atoms with Gasteiger partial charge in [-0.05, 0) is 18.9 Å². The number of phenolic OH excluding ortho intramolecular Hbond substituents is 3. The summed E-state index contributed by atoms with van der Waals surface area (Å²) in [4.78, 5) is 23.2. The average Bonchev–Trinajstić information content (AvgIpc) is 2.52. The molecule has 0 radical (unpaired) electrons. The minimum atomic E-state index is -0.686. The second kappa shape index (κ2) is 6.30. The fraction of sp³-hybridized carbons (Fsp3) is 0.176. The number of rotatable bonds is 5. The van der Waals surface area contributed by atoms with Gasteiger partial charge in [-0.1, -0.05) is 30.3 Å². The van der Waals surface area contributed by atoms with Crippen LogP contribution in [0.1, 0.15) is 38.3 Å². The van der Waals surface area contributed by atoms with Crippen LogP contribution < -0.4 is 0 Å². The zero-order chi connectivity index (χ0) is 16.3. The predicted molar refractivity (Wildman–Crippen MR) is 80.7 cm³/mol. The number of Topliss-reactive ketones (excluding diaryl/α,β-unsaturated/α-hetero) is 1. The van der Waals surface area contributed by atoms with Crippen LogP contribution in [0.3, 0.4) is 0 Å². The number of hydrogen-bond acceptors (Lipinski definition) is 5. The summed E-state index contributed by atoms with van der Waals surface area (Å²) in [6.07, 6.45) is 0.758. The summed E-state index contributed by atoms with van der Waals surface area (Å²) in [7, 11) is 0. The summed E-state index contributed by atoms with van der Waals surface area (Å²) >= 11 is 0. The Morgan fingerprint density at radius 2 is 1.68 bits per heavy atom. The van der Waals surface area contributed by atoms with E-state index in [1.54, 1.807) is 0 Å². The lowest BCUT2D eigenvalue weighted by Crippen LogP contribution is -2.05. The Labute approximate surface area is 127 Å². The minimum absolute atomic E-state index is 0.0111. The lowest BCUT2D eigenvalue weighted by molar-refractivity contribution is 0.0977. The minimum Gasteiger partial charge on any atom is -0.507 e. The van der Waals surface area contributed by atoms with E-state index >= 15 is 0 Å². The second-order valence-electron chi connectivity index (χ2n) is 4.99. The molecule has 5 heteroatoms. The van der Waals surface area contributed by atoms with Crippen molar-refractivity contribution in [2.75, 3.05) is 0 Å². The van der Waals surface area contributed by atoms with Crippen LogP contribution in [0.15, 0.2) is 30.3 Å². The topological polar surface area (TPSA) is 94.8 Å². The van der Waals surface area contributed by atoms with E-state index in [0.29, 0.717) is 6.42 Å². The molecular weight excluding hydrogens is 284 g/mol. The van der Waals surface area contributed by atoms with Crippen molar-refractivity contribution in [3.05, 3.63) is 52.6 Å². The molecule has 114 valence electrons. The van der Waals surface area contributed by atoms with Gasteiger partial charge in [-0.25, -0.2) is 0 Å². The normalized spacial score (nSPS) is 10.4. The zero-order valence-electron chi connectivity index (χ0n) is 12.0. The third-order valence-corrected chi connectivity index (χ3v) is 3.57. The highest BCUT2D eigenvalue weighted by Crippen LogP contribution is 2.41. The largest absolute Gasteiger partial charge is 0.507 e. The first-order valence-corrected chi connectivity index (χ1v) is 6.77. The number of hydrogen-bond donors (Lipinski definition) is 3. The van der Waals surface area contributed by atoms with Crippen LogP contribution in [-0.4, -0.2) is 27.4 Å². The van der Waals surface area contributed by atoms with Crippen LogP contribution in [0.2, 0.25) is 0 Å². The first-order valence-electron chi connectivity index (χ1n) is 6.77. The molecule has 5 nitrogen and oxygen atoms in total. The molecular formula is C17H16O5. The van der Waals surface area contributed by atoms with Gasteiger partial charge in [-0.3, -0.25) is 9.59 Å². The molecule has 2 aromatic rings. The molecule has 0 saturated heterocycles. The molecule has 0 aliphatic rings. The van der Waals surface area contributed by atoms with Crippen molar-refractivity contribution in [2.24, 2.45) is 0 Å². The van der Waals surface area contributed by atoms with E-state index in [1.165, 1.54) is 6.92 Å². The highest BCUT2D eigenvalue weighted by molar-refractivity contribution is 6.05. The lowest BCUT2D eigenvalue weighted by atomic mass is 9.96. The van der Waals surface area contributed by atoms with E-state index < -0.39 is 28.6 Å². The standard InChI is InChI=1S/C17H16O5/c1-10-15(20)12(9-18)17(22)14(16(10)21)13(19)8-7-11-5-3-2-4-6-11/h2-6,9,20-22H,7-8H2,1H3. The molecule has 0 saturated carbocycles. The Morgan fingerprint density at radius 3 is 2.27 bits per heavy atom. The Morgan fingerprint density at radius 1 is 1.05 bits per heavy atom. The van der Waals surface area contributed by atoms with Gasteiger partial charge in [0.15, 0.2) is 12.1 Å². The Hall–Kier alpha value is -2.82. The molecule has 0 aliphatic carbocycles. The van der Waals surface area contributed by atoms with Crippen molar-refractivity contribution in [1.82, 2.24) is 0 Å². The molecule has 0 atom stereocenters. The van der Waals surface area contributed by atoms with Crippen molar-refractivity contribution in [2.45, 2.75) is 19.8 Å². The summed E-state index contributed by atoms with van der Waals surface area (Å²) < 4.78 is 0. The van der Waals surface area contributed by atoms with Gasteiger partial charge in [-0.2, -0.15) is 0 Å². The Bertz CT molecular complexity index is 720. The van der Waals surface area contributed by atoms with Gasteiger partial charge in [0.25, 0.3) is 0 Å². The van der Waals surface area contributed by atoms with Crippen LogP contribution in [-0.2, 0) is 6.42 Å². The van der Waals surface area contributed by atoms with Crippen LogP contribution in [0.25, 0.3) is 0 Å². The summed E-state index contributed by atoms with van der Waals surface area (Å²) in [5.41, 5.74) is 0.218. The molecule has 0 amide bonds. The monoisotopic (exact) mass is 300 g/mol. The van der Waals surface area contributed by atoms with E-state index in [4.69, 9.17) is 0 Å². The van der Waals surface area contributed by atoms with Crippen molar-refractivity contribution >= 4 is 12.1 Å². The van der Waals surface area contributed by atoms with Crippen molar-refractivity contribution < 1.29 is 24.9 Å². The fourth-order valence-electron chi connectivity index (χ4n) is 2.26. The number of carbonyl (C=O) groups is 2. The highest BCUT2D eigenvalue weighted by Gasteiger charge is 2.25. The number of carbonyl (C=O) groups excluding carboxylic acids is 2. The number of benzene rings is 2. The highest BCUT2D eigenvalue weighted by atomic mass is 16.3. The van der Waals surface area contributed by atoms with E-state index in [1.807, 2.05) is 30.3 Å². The molecule has 0 heterocycles. The fourth-order valence-corrected chi connectivity index (χ4v) is 2.26. The van der Waals surface area contributed by atoms with Gasteiger partial charge in [0.05, 0.1) is 5.56 Å². The van der Waals surface area contributed by atoms with Gasteiger partial charge < -0.3 is 15.3 Å². The smallest absolute Gasteiger partial charge is 0.170 e. The van der Waals surface area contributed by atoms with E-state index in [0.717, 1.165) is 5.56 Å². The SMILES string of the molecule is Cc1c(O)c(C=O)c(O)c(C(=O)CCc2ccccc2)c1O. The van der Waals surface area contributed by atoms with E-state index in [-0.39, 0.29) is 23.8 Å². The maximum Gasteiger partial charge on any atom is 0.170 e. The summed E-state index contributed by atoms with van der Waals surface area (Å²) in [6, 6.07) is 9.30. The van der Waals surface area contributed by atoms with E-state index in [2.05, 4.69) is 0 Å². The van der Waals surface area contributed by atoms with Crippen molar-refractivity contribution in [1.29, 1.82) is 0 Å². The first kappa shape index (κ1) is 15.6. The van der Waals surface area contributed by atoms with Crippen LogP contribution in [0.4, 0.5) is 0 Å². The quantitative estimate of drug-likeness (QED) is 0.583. The molecule has 0 aliphatic heterocycles. The number of ketones is 1. The number of aldehydes is 1. The average molecular weight is 300 g/mol. The maximum absolute atomic E-state index is 12.3. The number of aromatic hydroxyl groups is 3. The first-order chi connectivity index (χ1) is 10.5. The predicted octanol–water partition coefficient (Wildman–Crippen LogP) is 2.74. The Balaban J connectivity index is 2.34. The third kappa shape index (κ3) is 2.79. The molecule has 22 heavy (non-hydrogen) atoms. The van der Waals surface area contributed by atoms with Gasteiger partial charge in [0.1, 0.15) is 22.8 Å². The molecule has 0 fully saturated rings. The molecule has 0 bridgehead atoms. The summed E-state index contributed by atoms with van der Waals surface area (Å²) in [5, 5.41) is 29.7. The maximum atomic E-state index is 12.3. The van der Waals surface area contributed by atoms with Gasteiger partial charge in [-0.15, -0.1) is 0 Å². The molecule has 3 N–H and O–H groups in total. The molecule has 0 aromatic heterocycles. The van der Waals surface area contributed by atoms with Gasteiger partial charge in [0, 0.05) is 12.0 Å². The van der Waals surface area contributed by atoms with Crippen molar-refractivity contribution in [3.63, 3.8) is 0 Å². The molecule has 2 rings (SSSR count). The van der Waals surface area contributed by atoms with Crippen LogP contribution in [0.5, 0.6) is 17.2 Å². The second-order valence-corrected chi connectivity index (χ2v) is 4.99. The third-order valence-electron chi connectivity index (χ3n) is 3.57. The van der Waals surface area contributed by atoms with Gasteiger partial charge in [0.2, 0.25) is 0 Å². The summed E-state index contributed by atoms with van der Waals surface area (Å²) in [5.74, 6) is -2.21. The number of aryl methyl sites for hydroxylation is 1.